The molecule has 0 aromatic rings. The highest BCUT2D eigenvalue weighted by Crippen LogP contribution is 2.34. The van der Waals surface area contributed by atoms with Crippen LogP contribution in [0.3, 0.4) is 0 Å². The standard InChI is InChI=1S/C37H66O7/c1-3-4-5-6-7-11-14-17-20-31(39)33-22-24-35(43-33)36-25-23-34(44-36)32(40)21-18-15-12-9-8-10-13-16-19-30(38)27-29-26-28(2)42-37(29)41/h26,28,30-36,38-40H,3-25,27H2,1-2H3/t28-,30+,31-,32+,33+,34+,35-,36-/m1/s1. The van der Waals surface area contributed by atoms with E-state index in [0.717, 1.165) is 77.0 Å². The summed E-state index contributed by atoms with van der Waals surface area (Å²) in [6, 6.07) is 0. The molecule has 3 heterocycles. The third-order valence-electron chi connectivity index (χ3n) is 10.0. The number of carbonyl (C=O) groups is 1. The quantitative estimate of drug-likeness (QED) is 0.0703. The fourth-order valence-corrected chi connectivity index (χ4v) is 7.28. The Hall–Kier alpha value is -0.990. The van der Waals surface area contributed by atoms with Crippen molar-refractivity contribution in [3.8, 4) is 0 Å². The molecule has 7 heteroatoms. The molecule has 0 spiro atoms. The topological polar surface area (TPSA) is 105 Å². The molecule has 2 fully saturated rings. The maximum absolute atomic E-state index is 11.7. The molecule has 8 atom stereocenters. The first-order valence-corrected chi connectivity index (χ1v) is 18.6. The molecule has 0 aromatic carbocycles. The summed E-state index contributed by atoms with van der Waals surface area (Å²) in [5, 5.41) is 31.6. The zero-order chi connectivity index (χ0) is 31.6. The Bertz CT molecular complexity index is 801. The van der Waals surface area contributed by atoms with Crippen molar-refractivity contribution >= 4 is 5.97 Å². The highest BCUT2D eigenvalue weighted by atomic mass is 16.6. The number of aliphatic hydroxyl groups excluding tert-OH is 3. The second kappa shape index (κ2) is 21.7. The molecule has 0 saturated carbocycles. The van der Waals surface area contributed by atoms with Crippen molar-refractivity contribution < 1.29 is 34.3 Å². The minimum Gasteiger partial charge on any atom is -0.455 e. The largest absolute Gasteiger partial charge is 0.455 e. The first-order valence-electron chi connectivity index (χ1n) is 18.6. The number of rotatable bonds is 25. The van der Waals surface area contributed by atoms with E-state index in [2.05, 4.69) is 6.92 Å². The maximum atomic E-state index is 11.7. The lowest BCUT2D eigenvalue weighted by molar-refractivity contribution is -0.139. The van der Waals surface area contributed by atoms with Crippen LogP contribution in [0.25, 0.3) is 0 Å². The summed E-state index contributed by atoms with van der Waals surface area (Å²) in [7, 11) is 0. The van der Waals surface area contributed by atoms with E-state index >= 15 is 0 Å². The van der Waals surface area contributed by atoms with Crippen LogP contribution < -0.4 is 0 Å². The van der Waals surface area contributed by atoms with Gasteiger partial charge in [0, 0.05) is 12.0 Å². The molecular formula is C37H66O7. The van der Waals surface area contributed by atoms with E-state index in [1.165, 1.54) is 70.6 Å². The number of hydrogen-bond donors (Lipinski definition) is 3. The lowest BCUT2D eigenvalue weighted by atomic mass is 10.00. The number of aliphatic hydroxyl groups is 3. The van der Waals surface area contributed by atoms with Gasteiger partial charge in [0.25, 0.3) is 0 Å². The van der Waals surface area contributed by atoms with E-state index in [4.69, 9.17) is 14.2 Å². The van der Waals surface area contributed by atoms with Gasteiger partial charge in [-0.3, -0.25) is 0 Å². The number of cyclic esters (lactones) is 1. The van der Waals surface area contributed by atoms with Crippen molar-refractivity contribution in [3.05, 3.63) is 11.6 Å². The molecular weight excluding hydrogens is 556 g/mol. The van der Waals surface area contributed by atoms with Gasteiger partial charge in [-0.25, -0.2) is 4.79 Å². The Morgan fingerprint density at radius 1 is 0.659 bits per heavy atom. The van der Waals surface area contributed by atoms with Crippen molar-refractivity contribution in [1.29, 1.82) is 0 Å². The van der Waals surface area contributed by atoms with Crippen LogP contribution in [-0.4, -0.2) is 70.1 Å². The minimum atomic E-state index is -0.463. The molecule has 0 bridgehead atoms. The molecule has 256 valence electrons. The van der Waals surface area contributed by atoms with Crippen LogP contribution in [0.5, 0.6) is 0 Å². The fourth-order valence-electron chi connectivity index (χ4n) is 7.28. The van der Waals surface area contributed by atoms with Gasteiger partial charge in [0.2, 0.25) is 0 Å². The molecule has 3 aliphatic rings. The molecule has 0 aromatic heterocycles. The molecule has 3 aliphatic heterocycles. The van der Waals surface area contributed by atoms with E-state index in [1.54, 1.807) is 0 Å². The Morgan fingerprint density at radius 3 is 1.52 bits per heavy atom. The van der Waals surface area contributed by atoms with Gasteiger partial charge in [-0.1, -0.05) is 110 Å². The molecule has 3 rings (SSSR count). The SMILES string of the molecule is CCCCCCCCCC[C@@H](O)[C@@H]1CC[C@H]([C@H]2CC[C@@H]([C@@H](O)CCCCCCCCCC[C@H](O)CC3=C[C@@H](C)OC3=O)O2)O1. The predicted molar refractivity (Wildman–Crippen MR) is 175 cm³/mol. The number of unbranched alkanes of at least 4 members (excludes halogenated alkanes) is 14. The molecule has 44 heavy (non-hydrogen) atoms. The summed E-state index contributed by atoms with van der Waals surface area (Å²) < 4.78 is 17.7. The molecule has 0 amide bonds. The van der Waals surface area contributed by atoms with Crippen LogP contribution in [-0.2, 0) is 19.0 Å². The monoisotopic (exact) mass is 622 g/mol. The Labute approximate surface area is 268 Å². The average molecular weight is 623 g/mol. The third kappa shape index (κ3) is 14.2. The summed E-state index contributed by atoms with van der Waals surface area (Å²) in [6.45, 7) is 4.09. The van der Waals surface area contributed by atoms with Crippen molar-refractivity contribution in [3.63, 3.8) is 0 Å². The van der Waals surface area contributed by atoms with Crippen LogP contribution >= 0.6 is 0 Å². The number of ether oxygens (including phenoxy) is 3. The van der Waals surface area contributed by atoms with Crippen LogP contribution in [0.1, 0.15) is 168 Å². The molecule has 0 aliphatic carbocycles. The Morgan fingerprint density at radius 2 is 1.09 bits per heavy atom. The summed E-state index contributed by atoms with van der Waals surface area (Å²) in [6.07, 6.45) is 26.1. The Kier molecular flexibility index (Phi) is 18.5. The second-order valence-electron chi connectivity index (χ2n) is 14.0. The highest BCUT2D eigenvalue weighted by Gasteiger charge is 2.40. The van der Waals surface area contributed by atoms with Gasteiger partial charge in [0.1, 0.15) is 6.10 Å². The lowest BCUT2D eigenvalue weighted by Crippen LogP contribution is -2.33. The number of esters is 1. The first-order chi connectivity index (χ1) is 21.4. The summed E-state index contributed by atoms with van der Waals surface area (Å²) in [5.41, 5.74) is 0.617. The van der Waals surface area contributed by atoms with Crippen molar-refractivity contribution in [1.82, 2.24) is 0 Å². The van der Waals surface area contributed by atoms with Gasteiger partial charge in [0.15, 0.2) is 0 Å². The minimum absolute atomic E-state index is 0.0519. The highest BCUT2D eigenvalue weighted by molar-refractivity contribution is 5.90. The zero-order valence-corrected chi connectivity index (χ0v) is 28.1. The fraction of sp³-hybridized carbons (Fsp3) is 0.919. The molecule has 3 N–H and O–H groups in total. The van der Waals surface area contributed by atoms with Gasteiger partial charge in [0.05, 0.1) is 42.7 Å². The van der Waals surface area contributed by atoms with Crippen molar-refractivity contribution in [2.24, 2.45) is 0 Å². The zero-order valence-electron chi connectivity index (χ0n) is 28.1. The van der Waals surface area contributed by atoms with Crippen LogP contribution in [0.4, 0.5) is 0 Å². The first kappa shape index (κ1) is 37.5. The van der Waals surface area contributed by atoms with Gasteiger partial charge in [-0.15, -0.1) is 0 Å². The molecule has 0 radical (unpaired) electrons. The average Bonchev–Trinajstić information content (AvgIpc) is 3.75. The predicted octanol–water partition coefficient (Wildman–Crippen LogP) is 7.86. The van der Waals surface area contributed by atoms with E-state index in [0.29, 0.717) is 12.0 Å². The van der Waals surface area contributed by atoms with Gasteiger partial charge < -0.3 is 29.5 Å². The normalized spacial score (nSPS) is 27.4. The van der Waals surface area contributed by atoms with Gasteiger partial charge >= 0.3 is 5.97 Å². The molecule has 7 nitrogen and oxygen atoms in total. The molecule has 0 unspecified atom stereocenters. The van der Waals surface area contributed by atoms with E-state index in [9.17, 15) is 20.1 Å². The van der Waals surface area contributed by atoms with Crippen molar-refractivity contribution in [2.45, 2.75) is 217 Å². The van der Waals surface area contributed by atoms with Crippen molar-refractivity contribution in [2.75, 3.05) is 0 Å². The van der Waals surface area contributed by atoms with E-state index < -0.39 is 12.2 Å². The second-order valence-corrected chi connectivity index (χ2v) is 14.0. The number of carbonyl (C=O) groups excluding carboxylic acids is 1. The van der Waals surface area contributed by atoms with Crippen LogP contribution in [0.2, 0.25) is 0 Å². The third-order valence-corrected chi connectivity index (χ3v) is 10.0. The van der Waals surface area contributed by atoms with E-state index in [1.807, 2.05) is 13.0 Å². The van der Waals surface area contributed by atoms with Crippen LogP contribution in [0, 0.1) is 0 Å². The van der Waals surface area contributed by atoms with E-state index in [-0.39, 0.29) is 42.6 Å². The van der Waals surface area contributed by atoms with Gasteiger partial charge in [-0.05, 0) is 57.9 Å². The molecule has 2 saturated heterocycles. The Balaban J connectivity index is 1.13. The maximum Gasteiger partial charge on any atom is 0.334 e. The lowest BCUT2D eigenvalue weighted by Gasteiger charge is -2.24. The summed E-state index contributed by atoms with van der Waals surface area (Å²) in [4.78, 5) is 11.7. The number of hydrogen-bond acceptors (Lipinski definition) is 7. The smallest absolute Gasteiger partial charge is 0.334 e. The summed E-state index contributed by atoms with van der Waals surface area (Å²) >= 11 is 0. The summed E-state index contributed by atoms with van der Waals surface area (Å²) in [5.74, 6) is -0.281. The van der Waals surface area contributed by atoms with Gasteiger partial charge in [-0.2, -0.15) is 0 Å². The van der Waals surface area contributed by atoms with Crippen LogP contribution in [0.15, 0.2) is 11.6 Å².